The third-order valence-corrected chi connectivity index (χ3v) is 3.50. The Kier molecular flexibility index (Phi) is 4.40. The van der Waals surface area contributed by atoms with E-state index >= 15 is 0 Å². The quantitative estimate of drug-likeness (QED) is 0.819. The molecule has 0 spiro atoms. The van der Waals surface area contributed by atoms with Gasteiger partial charge < -0.3 is 9.64 Å². The smallest absolute Gasteiger partial charge is 0.410 e. The van der Waals surface area contributed by atoms with Gasteiger partial charge in [0.1, 0.15) is 6.61 Å². The summed E-state index contributed by atoms with van der Waals surface area (Å²) in [7, 11) is 0. The van der Waals surface area contributed by atoms with E-state index in [1.807, 2.05) is 37.3 Å². The highest BCUT2D eigenvalue weighted by Gasteiger charge is 2.29. The molecule has 19 heavy (non-hydrogen) atoms. The van der Waals surface area contributed by atoms with Gasteiger partial charge >= 0.3 is 6.09 Å². The van der Waals surface area contributed by atoms with Crippen LogP contribution >= 0.6 is 0 Å². The minimum Gasteiger partial charge on any atom is -0.445 e. The lowest BCUT2D eigenvalue weighted by atomic mass is 9.93. The summed E-state index contributed by atoms with van der Waals surface area (Å²) in [6, 6.07) is 12.0. The first-order valence-electron chi connectivity index (χ1n) is 6.57. The molecule has 1 aliphatic rings. The monoisotopic (exact) mass is 258 g/mol. The van der Waals surface area contributed by atoms with Gasteiger partial charge in [0.25, 0.3) is 0 Å². The Morgan fingerprint density at radius 3 is 2.84 bits per heavy atom. The third kappa shape index (κ3) is 3.47. The Hall–Kier alpha value is -2.02. The van der Waals surface area contributed by atoms with Crippen molar-refractivity contribution in [3.63, 3.8) is 0 Å². The molecule has 1 aromatic carbocycles. The van der Waals surface area contributed by atoms with Gasteiger partial charge in [0.2, 0.25) is 0 Å². The summed E-state index contributed by atoms with van der Waals surface area (Å²) in [6.07, 6.45) is 1.19. The Labute approximate surface area is 113 Å². The Morgan fingerprint density at radius 1 is 1.47 bits per heavy atom. The molecule has 4 nitrogen and oxygen atoms in total. The topological polar surface area (TPSA) is 53.3 Å². The fourth-order valence-corrected chi connectivity index (χ4v) is 2.36. The van der Waals surface area contributed by atoms with Gasteiger partial charge in [-0.2, -0.15) is 5.26 Å². The number of nitrogens with zero attached hydrogens (tertiary/aromatic N) is 2. The molecule has 1 aliphatic heterocycles. The summed E-state index contributed by atoms with van der Waals surface area (Å²) < 4.78 is 5.31. The summed E-state index contributed by atoms with van der Waals surface area (Å²) in [5, 5.41) is 8.90. The second-order valence-electron chi connectivity index (χ2n) is 4.93. The molecule has 0 bridgehead atoms. The Morgan fingerprint density at radius 2 is 2.21 bits per heavy atom. The summed E-state index contributed by atoms with van der Waals surface area (Å²) in [5.41, 5.74) is 0.982. The molecule has 1 amide bonds. The first kappa shape index (κ1) is 13.4. The van der Waals surface area contributed by atoms with Crippen LogP contribution in [-0.4, -0.2) is 23.6 Å². The highest BCUT2D eigenvalue weighted by Crippen LogP contribution is 2.22. The van der Waals surface area contributed by atoms with E-state index in [1.165, 1.54) is 0 Å². The SMILES string of the molecule is C[C@H]1CC(C#N)CCN1C(=O)OCc1ccccc1. The van der Waals surface area contributed by atoms with Crippen LogP contribution in [0.2, 0.25) is 0 Å². The molecule has 1 aromatic rings. The second kappa shape index (κ2) is 6.24. The molecule has 1 unspecified atom stereocenters. The lowest BCUT2D eigenvalue weighted by Gasteiger charge is -2.34. The first-order valence-corrected chi connectivity index (χ1v) is 6.57. The van der Waals surface area contributed by atoms with Crippen molar-refractivity contribution < 1.29 is 9.53 Å². The maximum absolute atomic E-state index is 12.0. The maximum Gasteiger partial charge on any atom is 0.410 e. The van der Waals surface area contributed by atoms with Gasteiger partial charge in [0.05, 0.1) is 6.07 Å². The van der Waals surface area contributed by atoms with Crippen molar-refractivity contribution in [1.82, 2.24) is 4.90 Å². The van der Waals surface area contributed by atoms with Gasteiger partial charge in [-0.05, 0) is 25.3 Å². The summed E-state index contributed by atoms with van der Waals surface area (Å²) in [5.74, 6) is 0.0631. The molecule has 4 heteroatoms. The van der Waals surface area contributed by atoms with Crippen LogP contribution in [0.1, 0.15) is 25.3 Å². The number of likely N-dealkylation sites (tertiary alicyclic amines) is 1. The fourth-order valence-electron chi connectivity index (χ4n) is 2.36. The van der Waals surface area contributed by atoms with Crippen molar-refractivity contribution >= 4 is 6.09 Å². The van der Waals surface area contributed by atoms with Crippen LogP contribution in [0.4, 0.5) is 4.79 Å². The van der Waals surface area contributed by atoms with E-state index in [-0.39, 0.29) is 18.1 Å². The minimum atomic E-state index is -0.284. The standard InChI is InChI=1S/C15H18N2O2/c1-12-9-14(10-16)7-8-17(12)15(18)19-11-13-5-3-2-4-6-13/h2-6,12,14H,7-9,11H2,1H3/t12-,14?/m0/s1. The predicted octanol–water partition coefficient (Wildman–Crippen LogP) is 2.95. The third-order valence-electron chi connectivity index (χ3n) is 3.50. The summed E-state index contributed by atoms with van der Waals surface area (Å²) in [6.45, 7) is 2.87. The summed E-state index contributed by atoms with van der Waals surface area (Å²) >= 11 is 0. The number of benzene rings is 1. The van der Waals surface area contributed by atoms with E-state index in [9.17, 15) is 4.79 Å². The number of carbonyl (C=O) groups excluding carboxylic acids is 1. The van der Waals surface area contributed by atoms with Crippen LogP contribution in [0.25, 0.3) is 0 Å². The molecule has 2 atom stereocenters. The van der Waals surface area contributed by atoms with Crippen LogP contribution in [0.3, 0.4) is 0 Å². The van der Waals surface area contributed by atoms with E-state index in [4.69, 9.17) is 10.00 Å². The number of carbonyl (C=O) groups is 1. The van der Waals surface area contributed by atoms with Gasteiger partial charge in [-0.3, -0.25) is 0 Å². The van der Waals surface area contributed by atoms with E-state index in [2.05, 4.69) is 6.07 Å². The van der Waals surface area contributed by atoms with Crippen molar-refractivity contribution in [3.8, 4) is 6.07 Å². The van der Waals surface area contributed by atoms with Gasteiger partial charge in [-0.25, -0.2) is 4.79 Å². The molecule has 0 N–H and O–H groups in total. The van der Waals surface area contributed by atoms with E-state index in [0.29, 0.717) is 13.2 Å². The zero-order valence-corrected chi connectivity index (χ0v) is 11.1. The van der Waals surface area contributed by atoms with Crippen LogP contribution in [0.15, 0.2) is 30.3 Å². The molecule has 0 radical (unpaired) electrons. The second-order valence-corrected chi connectivity index (χ2v) is 4.93. The lowest BCUT2D eigenvalue weighted by molar-refractivity contribution is 0.0668. The van der Waals surface area contributed by atoms with Crippen molar-refractivity contribution in [2.45, 2.75) is 32.4 Å². The van der Waals surface area contributed by atoms with Crippen molar-refractivity contribution in [2.75, 3.05) is 6.54 Å². The predicted molar refractivity (Wildman–Crippen MR) is 71.1 cm³/mol. The fraction of sp³-hybridized carbons (Fsp3) is 0.467. The highest BCUT2D eigenvalue weighted by molar-refractivity contribution is 5.68. The molecule has 2 rings (SSSR count). The molecular formula is C15H18N2O2. The first-order chi connectivity index (χ1) is 9.20. The molecule has 0 aliphatic carbocycles. The van der Waals surface area contributed by atoms with Gasteiger partial charge in [-0.15, -0.1) is 0 Å². The molecule has 1 fully saturated rings. The maximum atomic E-state index is 12.0. The average Bonchev–Trinajstić information content (AvgIpc) is 2.45. The Balaban J connectivity index is 1.85. The van der Waals surface area contributed by atoms with Crippen molar-refractivity contribution in [3.05, 3.63) is 35.9 Å². The van der Waals surface area contributed by atoms with Gasteiger partial charge in [0.15, 0.2) is 0 Å². The van der Waals surface area contributed by atoms with Crippen LogP contribution in [0, 0.1) is 17.2 Å². The molecule has 0 aromatic heterocycles. The number of piperidine rings is 1. The van der Waals surface area contributed by atoms with Crippen LogP contribution in [0.5, 0.6) is 0 Å². The largest absolute Gasteiger partial charge is 0.445 e. The normalized spacial score (nSPS) is 22.6. The van der Waals surface area contributed by atoms with E-state index < -0.39 is 0 Å². The number of ether oxygens (including phenoxy) is 1. The molecule has 1 saturated heterocycles. The van der Waals surface area contributed by atoms with Crippen molar-refractivity contribution in [2.24, 2.45) is 5.92 Å². The van der Waals surface area contributed by atoms with Gasteiger partial charge in [-0.1, -0.05) is 30.3 Å². The number of hydrogen-bond donors (Lipinski definition) is 0. The number of hydrogen-bond acceptors (Lipinski definition) is 3. The Bertz CT molecular complexity index is 467. The number of amides is 1. The highest BCUT2D eigenvalue weighted by atomic mass is 16.6. The van der Waals surface area contributed by atoms with Crippen LogP contribution < -0.4 is 0 Å². The van der Waals surface area contributed by atoms with Gasteiger partial charge in [0, 0.05) is 18.5 Å². The summed E-state index contributed by atoms with van der Waals surface area (Å²) in [4.78, 5) is 13.7. The average molecular weight is 258 g/mol. The lowest BCUT2D eigenvalue weighted by Crippen LogP contribution is -2.44. The minimum absolute atomic E-state index is 0.0631. The van der Waals surface area contributed by atoms with E-state index in [1.54, 1.807) is 4.90 Å². The van der Waals surface area contributed by atoms with Crippen molar-refractivity contribution in [1.29, 1.82) is 5.26 Å². The number of nitriles is 1. The molecular weight excluding hydrogens is 240 g/mol. The number of rotatable bonds is 2. The molecule has 0 saturated carbocycles. The zero-order chi connectivity index (χ0) is 13.7. The molecule has 1 heterocycles. The zero-order valence-electron chi connectivity index (χ0n) is 11.1. The van der Waals surface area contributed by atoms with E-state index in [0.717, 1.165) is 18.4 Å². The van der Waals surface area contributed by atoms with Crippen LogP contribution in [-0.2, 0) is 11.3 Å². The molecule has 100 valence electrons.